The third-order valence-corrected chi connectivity index (χ3v) is 6.26. The number of rotatable bonds is 6. The highest BCUT2D eigenvalue weighted by molar-refractivity contribution is 7.89. The maximum atomic E-state index is 12.8. The van der Waals surface area contributed by atoms with Gasteiger partial charge in [0.25, 0.3) is 0 Å². The van der Waals surface area contributed by atoms with Crippen LogP contribution in [0.2, 0.25) is 0 Å². The van der Waals surface area contributed by atoms with E-state index in [1.165, 1.54) is 24.3 Å². The molecule has 0 spiro atoms. The van der Waals surface area contributed by atoms with Gasteiger partial charge in [-0.1, -0.05) is 0 Å². The molecule has 0 aliphatic heterocycles. The fourth-order valence-electron chi connectivity index (χ4n) is 2.26. The van der Waals surface area contributed by atoms with E-state index in [1.54, 1.807) is 15.6 Å². The van der Waals surface area contributed by atoms with E-state index in [9.17, 15) is 13.2 Å². The Morgan fingerprint density at radius 1 is 1.23 bits per heavy atom. The molecule has 7 heteroatoms. The maximum Gasteiger partial charge on any atom is 0.248 e. The summed E-state index contributed by atoms with van der Waals surface area (Å²) in [7, 11) is -3.57. The van der Waals surface area contributed by atoms with Gasteiger partial charge in [-0.25, -0.2) is 8.42 Å². The number of hydrogen-bond acceptors (Lipinski definition) is 4. The van der Waals surface area contributed by atoms with Crippen molar-refractivity contribution in [3.8, 4) is 0 Å². The minimum Gasteiger partial charge on any atom is -0.366 e. The molecule has 0 atom stereocenters. The average Bonchev–Trinajstić information content (AvgIpc) is 3.20. The van der Waals surface area contributed by atoms with Crippen molar-refractivity contribution < 1.29 is 13.2 Å². The minimum absolute atomic E-state index is 0.0701. The molecule has 1 fully saturated rings. The maximum absolute atomic E-state index is 12.8. The zero-order valence-electron chi connectivity index (χ0n) is 11.8. The highest BCUT2D eigenvalue weighted by atomic mass is 32.2. The molecule has 2 N–H and O–H groups in total. The Balaban J connectivity index is 1.90. The molecule has 1 saturated carbocycles. The molecule has 1 aliphatic carbocycles. The predicted molar refractivity (Wildman–Crippen MR) is 85.0 cm³/mol. The number of nitrogens with two attached hydrogens (primary N) is 1. The lowest BCUT2D eigenvalue weighted by Gasteiger charge is -2.21. The topological polar surface area (TPSA) is 80.5 Å². The Morgan fingerprint density at radius 3 is 2.41 bits per heavy atom. The second-order valence-corrected chi connectivity index (χ2v) is 7.97. The molecular weight excluding hydrogens is 320 g/mol. The van der Waals surface area contributed by atoms with Crippen LogP contribution in [0.3, 0.4) is 0 Å². The Bertz CT molecular complexity index is 764. The van der Waals surface area contributed by atoms with Crippen LogP contribution in [0, 0.1) is 0 Å². The number of carbonyl (C=O) groups is 1. The fourth-order valence-corrected chi connectivity index (χ4v) is 4.59. The molecule has 0 saturated heterocycles. The van der Waals surface area contributed by atoms with Gasteiger partial charge in [-0.2, -0.15) is 15.6 Å². The molecule has 1 aromatic heterocycles. The van der Waals surface area contributed by atoms with Crippen molar-refractivity contribution in [2.75, 3.05) is 0 Å². The summed E-state index contributed by atoms with van der Waals surface area (Å²) in [6.07, 6.45) is 1.78. The van der Waals surface area contributed by atoms with Gasteiger partial charge in [-0.15, -0.1) is 0 Å². The van der Waals surface area contributed by atoms with Gasteiger partial charge in [-0.05, 0) is 59.5 Å². The smallest absolute Gasteiger partial charge is 0.248 e. The van der Waals surface area contributed by atoms with Gasteiger partial charge in [0, 0.05) is 18.2 Å². The molecule has 0 radical (unpaired) electrons. The first-order chi connectivity index (χ1) is 10.5. The van der Waals surface area contributed by atoms with Gasteiger partial charge in [0.2, 0.25) is 15.9 Å². The Hall–Kier alpha value is -1.70. The summed E-state index contributed by atoms with van der Waals surface area (Å²) in [6.45, 7) is 0.383. The zero-order valence-corrected chi connectivity index (χ0v) is 13.4. The standard InChI is InChI=1S/C15H16N2O3S2/c16-15(18)12-1-5-14(6-2-12)22(19,20)17(13-3-4-13)9-11-7-8-21-10-11/h1-2,5-8,10,13H,3-4,9H2,(H2,16,18). The molecule has 5 nitrogen and oxygen atoms in total. The first-order valence-electron chi connectivity index (χ1n) is 6.91. The monoisotopic (exact) mass is 336 g/mol. The van der Waals surface area contributed by atoms with Crippen LogP contribution in [-0.4, -0.2) is 24.7 Å². The molecule has 22 heavy (non-hydrogen) atoms. The molecule has 0 unspecified atom stereocenters. The molecule has 2 aromatic rings. The number of benzene rings is 1. The molecular formula is C15H16N2O3S2. The normalized spacial score (nSPS) is 15.1. The zero-order chi connectivity index (χ0) is 15.7. The lowest BCUT2D eigenvalue weighted by molar-refractivity contribution is 0.1000. The van der Waals surface area contributed by atoms with Crippen LogP contribution in [0.25, 0.3) is 0 Å². The van der Waals surface area contributed by atoms with E-state index in [2.05, 4.69) is 0 Å². The SMILES string of the molecule is NC(=O)c1ccc(S(=O)(=O)N(Cc2ccsc2)C2CC2)cc1. The third-order valence-electron chi connectivity index (χ3n) is 3.62. The summed E-state index contributed by atoms with van der Waals surface area (Å²) in [6, 6.07) is 7.79. The first-order valence-corrected chi connectivity index (χ1v) is 9.29. The van der Waals surface area contributed by atoms with Crippen molar-refractivity contribution in [3.05, 3.63) is 52.2 Å². The van der Waals surface area contributed by atoms with Crippen LogP contribution >= 0.6 is 11.3 Å². The van der Waals surface area contributed by atoms with Crippen molar-refractivity contribution in [1.29, 1.82) is 0 Å². The van der Waals surface area contributed by atoms with Crippen molar-refractivity contribution in [3.63, 3.8) is 0 Å². The van der Waals surface area contributed by atoms with Crippen molar-refractivity contribution in [2.45, 2.75) is 30.3 Å². The van der Waals surface area contributed by atoms with E-state index >= 15 is 0 Å². The number of primary amides is 1. The Morgan fingerprint density at radius 2 is 1.91 bits per heavy atom. The second-order valence-electron chi connectivity index (χ2n) is 5.30. The summed E-state index contributed by atoms with van der Waals surface area (Å²) in [5, 5.41) is 3.90. The number of hydrogen-bond donors (Lipinski definition) is 1. The van der Waals surface area contributed by atoms with E-state index in [0.717, 1.165) is 18.4 Å². The van der Waals surface area contributed by atoms with Gasteiger partial charge in [-0.3, -0.25) is 4.79 Å². The number of amides is 1. The second kappa shape index (κ2) is 5.83. The van der Waals surface area contributed by atoms with Crippen LogP contribution in [0.4, 0.5) is 0 Å². The lowest BCUT2D eigenvalue weighted by Crippen LogP contribution is -2.32. The van der Waals surface area contributed by atoms with Gasteiger partial charge < -0.3 is 5.73 Å². The minimum atomic E-state index is -3.57. The number of carbonyl (C=O) groups excluding carboxylic acids is 1. The Kier molecular flexibility index (Phi) is 4.03. The average molecular weight is 336 g/mol. The van der Waals surface area contributed by atoms with Crippen LogP contribution in [-0.2, 0) is 16.6 Å². The van der Waals surface area contributed by atoms with Crippen LogP contribution in [0.15, 0.2) is 46.0 Å². The number of sulfonamides is 1. The molecule has 1 aliphatic rings. The fraction of sp³-hybridized carbons (Fsp3) is 0.267. The quantitative estimate of drug-likeness (QED) is 0.878. The number of nitrogens with zero attached hydrogens (tertiary/aromatic N) is 1. The first kappa shape index (κ1) is 15.2. The van der Waals surface area contributed by atoms with Gasteiger partial charge >= 0.3 is 0 Å². The molecule has 116 valence electrons. The highest BCUT2D eigenvalue weighted by Crippen LogP contribution is 2.33. The lowest BCUT2D eigenvalue weighted by atomic mass is 10.2. The van der Waals surface area contributed by atoms with E-state index in [4.69, 9.17) is 5.73 Å². The summed E-state index contributed by atoms with van der Waals surface area (Å²) in [5.41, 5.74) is 6.48. The van der Waals surface area contributed by atoms with Gasteiger partial charge in [0.1, 0.15) is 0 Å². The Labute approximate surface area is 133 Å². The van der Waals surface area contributed by atoms with Crippen molar-refractivity contribution in [1.82, 2.24) is 4.31 Å². The largest absolute Gasteiger partial charge is 0.366 e. The molecule has 1 heterocycles. The molecule has 3 rings (SSSR count). The summed E-state index contributed by atoms with van der Waals surface area (Å²) in [4.78, 5) is 11.3. The molecule has 0 bridgehead atoms. The third kappa shape index (κ3) is 3.06. The highest BCUT2D eigenvalue weighted by Gasteiger charge is 2.38. The van der Waals surface area contributed by atoms with Crippen LogP contribution < -0.4 is 5.73 Å². The van der Waals surface area contributed by atoms with E-state index in [1.807, 2.05) is 16.8 Å². The number of thiophene rings is 1. The van der Waals surface area contributed by atoms with Crippen molar-refractivity contribution >= 4 is 27.3 Å². The van der Waals surface area contributed by atoms with E-state index in [-0.39, 0.29) is 10.9 Å². The van der Waals surface area contributed by atoms with Gasteiger partial charge in [0.05, 0.1) is 4.90 Å². The van der Waals surface area contributed by atoms with E-state index < -0.39 is 15.9 Å². The summed E-state index contributed by atoms with van der Waals surface area (Å²) < 4.78 is 27.2. The predicted octanol–water partition coefficient (Wildman–Crippen LogP) is 2.20. The van der Waals surface area contributed by atoms with Crippen molar-refractivity contribution in [2.24, 2.45) is 5.73 Å². The molecule has 1 amide bonds. The van der Waals surface area contributed by atoms with E-state index in [0.29, 0.717) is 12.1 Å². The van der Waals surface area contributed by atoms with Crippen LogP contribution in [0.5, 0.6) is 0 Å². The summed E-state index contributed by atoms with van der Waals surface area (Å²) in [5.74, 6) is -0.568. The van der Waals surface area contributed by atoms with Crippen LogP contribution in [0.1, 0.15) is 28.8 Å². The molecule has 1 aromatic carbocycles. The summed E-state index contributed by atoms with van der Waals surface area (Å²) >= 11 is 1.55. The van der Waals surface area contributed by atoms with Gasteiger partial charge in [0.15, 0.2) is 0 Å².